The van der Waals surface area contributed by atoms with Gasteiger partial charge in [-0.05, 0) is 18.6 Å². The Hall–Kier alpha value is -1.50. The minimum absolute atomic E-state index is 0.135. The van der Waals surface area contributed by atoms with E-state index in [1.54, 1.807) is 11.8 Å². The second-order valence-electron chi connectivity index (χ2n) is 3.57. The van der Waals surface area contributed by atoms with Gasteiger partial charge in [-0.1, -0.05) is 0 Å². The van der Waals surface area contributed by atoms with E-state index in [0.717, 1.165) is 17.2 Å². The molecule has 0 spiro atoms. The van der Waals surface area contributed by atoms with Gasteiger partial charge in [-0.15, -0.1) is 11.8 Å². The summed E-state index contributed by atoms with van der Waals surface area (Å²) in [4.78, 5) is 26.8. The normalized spacial score (nSPS) is 21.1. The van der Waals surface area contributed by atoms with Crippen LogP contribution in [-0.2, 0) is 4.79 Å². The molecule has 0 aromatic carbocycles. The van der Waals surface area contributed by atoms with Crippen molar-refractivity contribution < 1.29 is 9.90 Å². The lowest BCUT2D eigenvalue weighted by molar-refractivity contribution is -0.137. The molecule has 0 saturated heterocycles. The third kappa shape index (κ3) is 3.23. The summed E-state index contributed by atoms with van der Waals surface area (Å²) in [5, 5.41) is 9.39. The summed E-state index contributed by atoms with van der Waals surface area (Å²) in [6.07, 6.45) is 4.77. The van der Waals surface area contributed by atoms with Crippen LogP contribution in [0.5, 0.6) is 0 Å². The predicted octanol–water partition coefficient (Wildman–Crippen LogP) is 1.22. The topological polar surface area (TPSA) is 86.7 Å². The number of fused-ring (bicyclic) bond motifs is 1. The second kappa shape index (κ2) is 5.72. The molecule has 2 heterocycles. The highest BCUT2D eigenvalue weighted by atomic mass is 32.2. The standard InChI is InChI=1S/C10H12N4O2S/c15-7(16)3-1-2-4-17-10-8-9(12-5-11-8)13-6-14-10/h5-6,8H,1-4H2,(H,15,16). The smallest absolute Gasteiger partial charge is 0.303 e. The highest BCUT2D eigenvalue weighted by molar-refractivity contribution is 8.14. The Labute approximate surface area is 103 Å². The summed E-state index contributed by atoms with van der Waals surface area (Å²) in [5.74, 6) is 0.791. The molecule has 0 amide bonds. The first-order chi connectivity index (χ1) is 8.27. The van der Waals surface area contributed by atoms with Gasteiger partial charge in [-0.2, -0.15) is 0 Å². The maximum absolute atomic E-state index is 10.3. The van der Waals surface area contributed by atoms with Gasteiger partial charge in [0, 0.05) is 6.42 Å². The predicted molar refractivity (Wildman–Crippen MR) is 69.6 cm³/mol. The number of amidine groups is 1. The third-order valence-electron chi connectivity index (χ3n) is 2.29. The van der Waals surface area contributed by atoms with Crippen LogP contribution in [0.2, 0.25) is 0 Å². The molecule has 1 unspecified atom stereocenters. The van der Waals surface area contributed by atoms with Crippen molar-refractivity contribution in [3.63, 3.8) is 0 Å². The molecule has 2 aliphatic rings. The number of nitrogens with zero attached hydrogens (tertiary/aromatic N) is 4. The molecule has 0 aliphatic carbocycles. The number of carboxylic acid groups (broad SMARTS) is 1. The SMILES string of the molecule is O=C(O)CCCCSC1=NC=NC2=NC=NC21. The largest absolute Gasteiger partial charge is 0.481 e. The van der Waals surface area contributed by atoms with Crippen LogP contribution >= 0.6 is 11.8 Å². The van der Waals surface area contributed by atoms with E-state index in [1.807, 2.05) is 0 Å². The third-order valence-corrected chi connectivity index (χ3v) is 3.41. The van der Waals surface area contributed by atoms with Gasteiger partial charge in [0.25, 0.3) is 0 Å². The number of unbranched alkanes of at least 4 members (excludes halogenated alkanes) is 1. The van der Waals surface area contributed by atoms with Gasteiger partial charge >= 0.3 is 5.97 Å². The van der Waals surface area contributed by atoms with Crippen LogP contribution < -0.4 is 0 Å². The molecular weight excluding hydrogens is 240 g/mol. The number of thioether (sulfide) groups is 1. The Balaban J connectivity index is 1.74. The first kappa shape index (κ1) is 12.0. The number of hydrogen-bond acceptors (Lipinski definition) is 6. The molecule has 2 rings (SSSR count). The number of rotatable bonds is 5. The molecule has 0 radical (unpaired) electrons. The molecule has 6 nitrogen and oxygen atoms in total. The summed E-state index contributed by atoms with van der Waals surface area (Å²) in [6.45, 7) is 0. The van der Waals surface area contributed by atoms with Crippen LogP contribution in [0.3, 0.4) is 0 Å². The van der Waals surface area contributed by atoms with E-state index in [2.05, 4.69) is 20.0 Å². The van der Waals surface area contributed by atoms with Crippen molar-refractivity contribution in [1.82, 2.24) is 0 Å². The Morgan fingerprint density at radius 3 is 3.06 bits per heavy atom. The van der Waals surface area contributed by atoms with Crippen LogP contribution in [0, 0.1) is 0 Å². The fourth-order valence-electron chi connectivity index (χ4n) is 1.46. The zero-order valence-corrected chi connectivity index (χ0v) is 9.93. The van der Waals surface area contributed by atoms with Gasteiger partial charge in [0.15, 0.2) is 11.9 Å². The van der Waals surface area contributed by atoms with Crippen LogP contribution in [-0.4, -0.2) is 46.4 Å². The summed E-state index contributed by atoms with van der Waals surface area (Å²) < 4.78 is 0. The number of hydrogen-bond donors (Lipinski definition) is 1. The first-order valence-electron chi connectivity index (χ1n) is 5.31. The van der Waals surface area contributed by atoms with E-state index < -0.39 is 5.97 Å². The Kier molecular flexibility index (Phi) is 4.03. The van der Waals surface area contributed by atoms with Gasteiger partial charge < -0.3 is 5.11 Å². The summed E-state index contributed by atoms with van der Waals surface area (Å²) in [6, 6.07) is -0.135. The zero-order valence-electron chi connectivity index (χ0n) is 9.11. The lowest BCUT2D eigenvalue weighted by Crippen LogP contribution is -2.25. The molecule has 0 bridgehead atoms. The van der Waals surface area contributed by atoms with Gasteiger partial charge in [0.2, 0.25) is 0 Å². The molecule has 7 heteroatoms. The molecule has 90 valence electrons. The van der Waals surface area contributed by atoms with Crippen molar-refractivity contribution in [2.45, 2.75) is 25.3 Å². The van der Waals surface area contributed by atoms with Gasteiger partial charge in [-0.3, -0.25) is 9.79 Å². The molecule has 1 atom stereocenters. The fraction of sp³-hybridized carbons (Fsp3) is 0.500. The van der Waals surface area contributed by atoms with Crippen LogP contribution in [0.15, 0.2) is 20.0 Å². The average Bonchev–Trinajstić information content (AvgIpc) is 2.77. The van der Waals surface area contributed by atoms with Crippen molar-refractivity contribution in [3.05, 3.63) is 0 Å². The van der Waals surface area contributed by atoms with Crippen molar-refractivity contribution >= 4 is 41.3 Å². The van der Waals surface area contributed by atoms with Gasteiger partial charge in [-0.25, -0.2) is 15.0 Å². The minimum atomic E-state index is -0.744. The maximum atomic E-state index is 10.3. The Morgan fingerprint density at radius 1 is 1.35 bits per heavy atom. The maximum Gasteiger partial charge on any atom is 0.303 e. The summed E-state index contributed by atoms with van der Waals surface area (Å²) >= 11 is 1.60. The van der Waals surface area contributed by atoms with Crippen molar-refractivity contribution in [2.24, 2.45) is 20.0 Å². The Morgan fingerprint density at radius 2 is 2.24 bits per heavy atom. The molecule has 0 saturated carbocycles. The molecule has 0 aromatic rings. The Bertz CT molecular complexity index is 428. The minimum Gasteiger partial charge on any atom is -0.481 e. The van der Waals surface area contributed by atoms with Gasteiger partial charge in [0.05, 0.1) is 0 Å². The van der Waals surface area contributed by atoms with Crippen LogP contribution in [0.25, 0.3) is 0 Å². The van der Waals surface area contributed by atoms with E-state index in [0.29, 0.717) is 12.3 Å². The van der Waals surface area contributed by atoms with Crippen LogP contribution in [0.1, 0.15) is 19.3 Å². The van der Waals surface area contributed by atoms with Crippen molar-refractivity contribution in [1.29, 1.82) is 0 Å². The molecule has 17 heavy (non-hydrogen) atoms. The first-order valence-corrected chi connectivity index (χ1v) is 6.30. The molecule has 0 aromatic heterocycles. The van der Waals surface area contributed by atoms with E-state index in [-0.39, 0.29) is 12.5 Å². The van der Waals surface area contributed by atoms with E-state index in [1.165, 1.54) is 12.7 Å². The number of carbonyl (C=O) groups is 1. The van der Waals surface area contributed by atoms with Crippen molar-refractivity contribution in [3.8, 4) is 0 Å². The number of aliphatic carboxylic acids is 1. The van der Waals surface area contributed by atoms with Crippen molar-refractivity contribution in [2.75, 3.05) is 5.75 Å². The monoisotopic (exact) mass is 252 g/mol. The van der Waals surface area contributed by atoms with E-state index in [9.17, 15) is 4.79 Å². The second-order valence-corrected chi connectivity index (χ2v) is 4.68. The molecular formula is C10H12N4O2S. The van der Waals surface area contributed by atoms with E-state index in [4.69, 9.17) is 5.11 Å². The highest BCUT2D eigenvalue weighted by Gasteiger charge is 2.25. The van der Waals surface area contributed by atoms with Crippen LogP contribution in [0.4, 0.5) is 0 Å². The summed E-state index contributed by atoms with van der Waals surface area (Å²) in [5.41, 5.74) is 0. The lowest BCUT2D eigenvalue weighted by atomic mass is 10.2. The average molecular weight is 252 g/mol. The molecule has 2 aliphatic heterocycles. The summed E-state index contributed by atoms with van der Waals surface area (Å²) in [7, 11) is 0. The number of aliphatic imine (C=N–C) groups is 4. The zero-order chi connectivity index (χ0) is 12.1. The van der Waals surface area contributed by atoms with Gasteiger partial charge in [0.1, 0.15) is 17.7 Å². The molecule has 1 N–H and O–H groups in total. The highest BCUT2D eigenvalue weighted by Crippen LogP contribution is 2.19. The number of carboxylic acids is 1. The van der Waals surface area contributed by atoms with E-state index >= 15 is 0 Å². The quantitative estimate of drug-likeness (QED) is 0.746. The lowest BCUT2D eigenvalue weighted by Gasteiger charge is -2.12. The fourth-order valence-corrected chi connectivity index (χ4v) is 2.46. The molecule has 0 fully saturated rings.